The molecule has 0 fully saturated rings. The van der Waals surface area contributed by atoms with Crippen LogP contribution in [0.15, 0.2) is 53.3 Å². The van der Waals surface area contributed by atoms with Gasteiger partial charge in [-0.15, -0.1) is 0 Å². The quantitative estimate of drug-likeness (QED) is 0.718. The summed E-state index contributed by atoms with van der Waals surface area (Å²) in [7, 11) is 0. The van der Waals surface area contributed by atoms with Crippen LogP contribution in [0.2, 0.25) is 0 Å². The Labute approximate surface area is 86.5 Å². The highest BCUT2D eigenvalue weighted by molar-refractivity contribution is 9.10. The number of hydrogen-bond donors (Lipinski definition) is 0. The van der Waals surface area contributed by atoms with E-state index in [1.54, 1.807) is 0 Å². The van der Waals surface area contributed by atoms with Gasteiger partial charge in [0.15, 0.2) is 0 Å². The van der Waals surface area contributed by atoms with Crippen LogP contribution in [-0.2, 0) is 0 Å². The van der Waals surface area contributed by atoms with E-state index >= 15 is 0 Å². The largest absolute Gasteiger partial charge is 0.324 e. The Hall–Kier alpha value is -1.02. The lowest BCUT2D eigenvalue weighted by atomic mass is 10.2. The Morgan fingerprint density at radius 2 is 1.62 bits per heavy atom. The highest BCUT2D eigenvalue weighted by atomic mass is 79.9. The number of benzene rings is 1. The van der Waals surface area contributed by atoms with Crippen molar-refractivity contribution in [2.24, 2.45) is 0 Å². The topological polar surface area (TPSA) is 3.24 Å². The number of halogens is 1. The molecule has 0 aliphatic carbocycles. The molecule has 0 unspecified atom stereocenters. The standard InChI is InChI=1S/C11H10BrN/c12-10-4-6-11(7-5-10)13-8-2-1-3-9-13/h2-9H,1H2. The number of nitrogens with zero attached hydrogens (tertiary/aromatic N) is 1. The van der Waals surface area contributed by atoms with Gasteiger partial charge in [0.2, 0.25) is 0 Å². The van der Waals surface area contributed by atoms with Crippen molar-refractivity contribution in [1.29, 1.82) is 0 Å². The van der Waals surface area contributed by atoms with E-state index in [0.29, 0.717) is 0 Å². The molecule has 66 valence electrons. The van der Waals surface area contributed by atoms with Crippen LogP contribution in [0.5, 0.6) is 0 Å². The van der Waals surface area contributed by atoms with Crippen LogP contribution in [0.3, 0.4) is 0 Å². The van der Waals surface area contributed by atoms with Crippen LogP contribution < -0.4 is 4.90 Å². The molecule has 0 bridgehead atoms. The number of anilines is 1. The van der Waals surface area contributed by atoms with Gasteiger partial charge in [0, 0.05) is 22.6 Å². The molecule has 0 N–H and O–H groups in total. The van der Waals surface area contributed by atoms with Crippen LogP contribution in [0.4, 0.5) is 5.69 Å². The molecule has 2 heteroatoms. The fourth-order valence-electron chi connectivity index (χ4n) is 1.26. The summed E-state index contributed by atoms with van der Waals surface area (Å²) in [6, 6.07) is 8.27. The lowest BCUT2D eigenvalue weighted by molar-refractivity contribution is 1.18. The summed E-state index contributed by atoms with van der Waals surface area (Å²) in [5, 5.41) is 0. The minimum Gasteiger partial charge on any atom is -0.324 e. The normalized spacial score (nSPS) is 15.0. The van der Waals surface area contributed by atoms with Gasteiger partial charge in [-0.3, -0.25) is 0 Å². The molecule has 0 spiro atoms. The van der Waals surface area contributed by atoms with Crippen molar-refractivity contribution in [1.82, 2.24) is 0 Å². The third-order valence-corrected chi connectivity index (χ3v) is 2.46. The predicted octanol–water partition coefficient (Wildman–Crippen LogP) is 3.69. The molecule has 0 radical (unpaired) electrons. The Kier molecular flexibility index (Phi) is 2.50. The van der Waals surface area contributed by atoms with Gasteiger partial charge in [-0.05, 0) is 30.7 Å². The summed E-state index contributed by atoms with van der Waals surface area (Å²) in [4.78, 5) is 2.11. The number of allylic oxidation sites excluding steroid dienone is 2. The fraction of sp³-hybridized carbons (Fsp3) is 0.0909. The maximum atomic E-state index is 3.41. The molecule has 1 nitrogen and oxygen atoms in total. The van der Waals surface area contributed by atoms with E-state index in [1.807, 2.05) is 12.1 Å². The van der Waals surface area contributed by atoms with E-state index in [2.05, 4.69) is 57.5 Å². The number of hydrogen-bond acceptors (Lipinski definition) is 1. The minimum atomic E-state index is 1.03. The molecule has 1 aromatic carbocycles. The van der Waals surface area contributed by atoms with E-state index in [9.17, 15) is 0 Å². The van der Waals surface area contributed by atoms with Gasteiger partial charge in [0.1, 0.15) is 0 Å². The second-order valence-electron chi connectivity index (χ2n) is 2.89. The lowest BCUT2D eigenvalue weighted by Gasteiger charge is -2.17. The van der Waals surface area contributed by atoms with Crippen molar-refractivity contribution in [3.8, 4) is 0 Å². The molecule has 0 saturated heterocycles. The van der Waals surface area contributed by atoms with Gasteiger partial charge in [-0.1, -0.05) is 28.1 Å². The Bertz CT molecular complexity index is 326. The van der Waals surface area contributed by atoms with Crippen molar-refractivity contribution < 1.29 is 0 Å². The van der Waals surface area contributed by atoms with Gasteiger partial charge >= 0.3 is 0 Å². The molecule has 1 aromatic rings. The van der Waals surface area contributed by atoms with Crippen molar-refractivity contribution in [2.45, 2.75) is 6.42 Å². The first-order valence-electron chi connectivity index (χ1n) is 4.23. The van der Waals surface area contributed by atoms with Crippen molar-refractivity contribution in [2.75, 3.05) is 4.90 Å². The molecule has 1 aliphatic heterocycles. The van der Waals surface area contributed by atoms with Crippen molar-refractivity contribution in [3.05, 3.63) is 53.3 Å². The minimum absolute atomic E-state index is 1.03. The SMILES string of the molecule is Brc1ccc(N2C=CCC=C2)cc1. The highest BCUT2D eigenvalue weighted by Gasteiger charge is 2.00. The maximum Gasteiger partial charge on any atom is 0.0449 e. The Morgan fingerprint density at radius 1 is 1.00 bits per heavy atom. The predicted molar refractivity (Wildman–Crippen MR) is 59.5 cm³/mol. The van der Waals surface area contributed by atoms with Gasteiger partial charge in [0.05, 0.1) is 0 Å². The summed E-state index contributed by atoms with van der Waals surface area (Å²) in [5.41, 5.74) is 1.19. The van der Waals surface area contributed by atoms with Gasteiger partial charge in [-0.25, -0.2) is 0 Å². The van der Waals surface area contributed by atoms with E-state index in [-0.39, 0.29) is 0 Å². The van der Waals surface area contributed by atoms with Crippen LogP contribution in [-0.4, -0.2) is 0 Å². The molecule has 13 heavy (non-hydrogen) atoms. The average molecular weight is 236 g/mol. The summed E-state index contributed by atoms with van der Waals surface area (Å²) < 4.78 is 1.11. The fourth-order valence-corrected chi connectivity index (χ4v) is 1.53. The van der Waals surface area contributed by atoms with Crippen LogP contribution in [0.25, 0.3) is 0 Å². The Morgan fingerprint density at radius 3 is 2.23 bits per heavy atom. The van der Waals surface area contributed by atoms with E-state index in [0.717, 1.165) is 10.9 Å². The van der Waals surface area contributed by atoms with Gasteiger partial charge < -0.3 is 4.90 Å². The third-order valence-electron chi connectivity index (χ3n) is 1.93. The van der Waals surface area contributed by atoms with Crippen molar-refractivity contribution in [3.63, 3.8) is 0 Å². The second-order valence-corrected chi connectivity index (χ2v) is 3.80. The van der Waals surface area contributed by atoms with Crippen LogP contribution in [0.1, 0.15) is 6.42 Å². The third kappa shape index (κ3) is 2.01. The number of rotatable bonds is 1. The van der Waals surface area contributed by atoms with Crippen molar-refractivity contribution >= 4 is 21.6 Å². The monoisotopic (exact) mass is 235 g/mol. The zero-order valence-electron chi connectivity index (χ0n) is 7.15. The zero-order chi connectivity index (χ0) is 9.10. The average Bonchev–Trinajstić information content (AvgIpc) is 2.20. The summed E-state index contributed by atoms with van der Waals surface area (Å²) in [5.74, 6) is 0. The summed E-state index contributed by atoms with van der Waals surface area (Å²) in [6.45, 7) is 0. The molecule has 0 atom stereocenters. The van der Waals surface area contributed by atoms with Crippen LogP contribution >= 0.6 is 15.9 Å². The first-order chi connectivity index (χ1) is 6.36. The molecule has 0 amide bonds. The second kappa shape index (κ2) is 3.79. The maximum absolute atomic E-state index is 3.41. The molecule has 2 rings (SSSR count). The molecule has 1 heterocycles. The first-order valence-corrected chi connectivity index (χ1v) is 5.03. The Balaban J connectivity index is 2.25. The van der Waals surface area contributed by atoms with Gasteiger partial charge in [-0.2, -0.15) is 0 Å². The molecule has 0 aromatic heterocycles. The van der Waals surface area contributed by atoms with E-state index in [4.69, 9.17) is 0 Å². The van der Waals surface area contributed by atoms with Gasteiger partial charge in [0.25, 0.3) is 0 Å². The smallest absolute Gasteiger partial charge is 0.0449 e. The molecular formula is C11H10BrN. The molecule has 0 saturated carbocycles. The zero-order valence-corrected chi connectivity index (χ0v) is 8.74. The first kappa shape index (κ1) is 8.57. The highest BCUT2D eigenvalue weighted by Crippen LogP contribution is 2.20. The van der Waals surface area contributed by atoms with Crippen LogP contribution in [0, 0.1) is 0 Å². The summed E-state index contributed by atoms with van der Waals surface area (Å²) in [6.07, 6.45) is 9.49. The molecular weight excluding hydrogens is 226 g/mol. The summed E-state index contributed by atoms with van der Waals surface area (Å²) >= 11 is 3.41. The lowest BCUT2D eigenvalue weighted by Crippen LogP contribution is -2.08. The molecule has 1 aliphatic rings. The van der Waals surface area contributed by atoms with E-state index in [1.165, 1.54) is 5.69 Å². The van der Waals surface area contributed by atoms with E-state index < -0.39 is 0 Å².